The van der Waals surface area contributed by atoms with Crippen molar-refractivity contribution < 1.29 is 4.79 Å². The van der Waals surface area contributed by atoms with Crippen LogP contribution in [0.3, 0.4) is 0 Å². The molecular formula is C24H24N6O3. The van der Waals surface area contributed by atoms with E-state index in [2.05, 4.69) is 15.2 Å². The quantitative estimate of drug-likeness (QED) is 0.507. The molecule has 1 amide bonds. The number of rotatable bonds is 5. The van der Waals surface area contributed by atoms with E-state index in [1.54, 1.807) is 31.2 Å². The van der Waals surface area contributed by atoms with Crippen molar-refractivity contribution in [3.8, 4) is 0 Å². The maximum Gasteiger partial charge on any atom is 0.331 e. The van der Waals surface area contributed by atoms with Crippen molar-refractivity contribution in [2.45, 2.75) is 32.9 Å². The largest absolute Gasteiger partial charge is 0.354 e. The molecule has 168 valence electrons. The van der Waals surface area contributed by atoms with Crippen LogP contribution in [0.2, 0.25) is 0 Å². The Labute approximate surface area is 189 Å². The fraction of sp³-hybridized carbons (Fsp3) is 0.292. The van der Waals surface area contributed by atoms with Crippen molar-refractivity contribution in [1.29, 1.82) is 0 Å². The zero-order chi connectivity index (χ0) is 22.9. The molecular weight excluding hydrogens is 420 g/mol. The van der Waals surface area contributed by atoms with Gasteiger partial charge < -0.3 is 10.2 Å². The van der Waals surface area contributed by atoms with Gasteiger partial charge in [-0.25, -0.2) is 14.8 Å². The average Bonchev–Trinajstić information content (AvgIpc) is 3.36. The summed E-state index contributed by atoms with van der Waals surface area (Å²) in [5, 5.41) is 3.27. The number of nitrogens with one attached hydrogen (secondary N) is 1. The van der Waals surface area contributed by atoms with Crippen molar-refractivity contribution in [2.24, 2.45) is 0 Å². The summed E-state index contributed by atoms with van der Waals surface area (Å²) >= 11 is 0. The lowest BCUT2D eigenvalue weighted by atomic mass is 10.2. The highest BCUT2D eigenvalue weighted by Crippen LogP contribution is 2.27. The number of nitrogens with zero attached hydrogens (tertiary/aromatic N) is 5. The third-order valence-corrected chi connectivity index (χ3v) is 5.97. The number of fused-ring (bicyclic) bond motifs is 2. The molecule has 0 unspecified atom stereocenters. The van der Waals surface area contributed by atoms with Gasteiger partial charge in [0.15, 0.2) is 11.6 Å². The van der Waals surface area contributed by atoms with Gasteiger partial charge in [-0.05, 0) is 44.0 Å². The van der Waals surface area contributed by atoms with Gasteiger partial charge in [0.25, 0.3) is 5.56 Å². The second-order valence-corrected chi connectivity index (χ2v) is 8.06. The zero-order valence-electron chi connectivity index (χ0n) is 18.3. The minimum absolute atomic E-state index is 0.222. The van der Waals surface area contributed by atoms with E-state index >= 15 is 0 Å². The molecule has 5 rings (SSSR count). The van der Waals surface area contributed by atoms with E-state index in [1.807, 2.05) is 24.3 Å². The average molecular weight is 444 g/mol. The fourth-order valence-electron chi connectivity index (χ4n) is 4.34. The number of aromatic nitrogens is 4. The van der Waals surface area contributed by atoms with Crippen molar-refractivity contribution in [2.75, 3.05) is 23.3 Å². The molecule has 9 nitrogen and oxygen atoms in total. The summed E-state index contributed by atoms with van der Waals surface area (Å²) in [6, 6.07) is 14.3. The molecule has 0 spiro atoms. The van der Waals surface area contributed by atoms with Crippen LogP contribution in [0.1, 0.15) is 19.8 Å². The predicted octanol–water partition coefficient (Wildman–Crippen LogP) is 2.37. The fourth-order valence-corrected chi connectivity index (χ4v) is 4.34. The predicted molar refractivity (Wildman–Crippen MR) is 128 cm³/mol. The van der Waals surface area contributed by atoms with Gasteiger partial charge in [-0.1, -0.05) is 24.3 Å². The molecule has 0 aliphatic carbocycles. The first kappa shape index (κ1) is 20.9. The Morgan fingerprint density at radius 1 is 0.939 bits per heavy atom. The highest BCUT2D eigenvalue weighted by Gasteiger charge is 2.22. The van der Waals surface area contributed by atoms with Gasteiger partial charge in [-0.15, -0.1) is 0 Å². The Balaban J connectivity index is 1.54. The van der Waals surface area contributed by atoms with Gasteiger partial charge in [0.05, 0.1) is 21.9 Å². The topological polar surface area (TPSA) is 102 Å². The minimum Gasteiger partial charge on any atom is -0.354 e. The summed E-state index contributed by atoms with van der Waals surface area (Å²) in [6.45, 7) is 3.41. The molecule has 0 saturated carbocycles. The summed E-state index contributed by atoms with van der Waals surface area (Å²) in [7, 11) is 0. The highest BCUT2D eigenvalue weighted by molar-refractivity contribution is 5.95. The van der Waals surface area contributed by atoms with Gasteiger partial charge in [0, 0.05) is 19.6 Å². The molecule has 1 fully saturated rings. The van der Waals surface area contributed by atoms with Crippen molar-refractivity contribution in [3.63, 3.8) is 0 Å². The SMILES string of the molecule is CCn1c(=O)c2ccccc2n(CC(=O)Nc2nc3ccccc3nc2N2CCCC2)c1=O. The standard InChI is InChI=1S/C24H24N6O3/c1-2-29-23(32)16-9-3-6-12-19(16)30(24(29)33)15-20(31)27-21-22(28-13-7-8-14-28)26-18-11-5-4-10-17(18)25-21/h3-6,9-12H,2,7-8,13-15H2,1H3,(H,25,27,31). The molecule has 4 aromatic rings. The number of benzene rings is 2. The summed E-state index contributed by atoms with van der Waals surface area (Å²) in [5.41, 5.74) is 0.997. The lowest BCUT2D eigenvalue weighted by molar-refractivity contribution is -0.116. The molecule has 0 atom stereocenters. The monoisotopic (exact) mass is 444 g/mol. The molecule has 1 aliphatic heterocycles. The third kappa shape index (κ3) is 3.75. The number of carbonyl (C=O) groups is 1. The van der Waals surface area contributed by atoms with Crippen LogP contribution in [0.5, 0.6) is 0 Å². The molecule has 2 aromatic carbocycles. The maximum absolute atomic E-state index is 13.1. The summed E-state index contributed by atoms with van der Waals surface area (Å²) in [5.74, 6) is 0.602. The van der Waals surface area contributed by atoms with Crippen LogP contribution in [0.4, 0.5) is 11.6 Å². The first-order valence-corrected chi connectivity index (χ1v) is 11.1. The molecule has 33 heavy (non-hydrogen) atoms. The molecule has 9 heteroatoms. The Bertz CT molecular complexity index is 1480. The first-order chi connectivity index (χ1) is 16.1. The van der Waals surface area contributed by atoms with E-state index in [0.717, 1.165) is 36.0 Å². The Morgan fingerprint density at radius 2 is 1.61 bits per heavy atom. The summed E-state index contributed by atoms with van der Waals surface area (Å²) < 4.78 is 2.47. The number of hydrogen-bond donors (Lipinski definition) is 1. The molecule has 0 radical (unpaired) electrons. The van der Waals surface area contributed by atoms with Crippen molar-refractivity contribution in [1.82, 2.24) is 19.1 Å². The maximum atomic E-state index is 13.1. The van der Waals surface area contributed by atoms with E-state index in [9.17, 15) is 14.4 Å². The number of amides is 1. The lowest BCUT2D eigenvalue weighted by Gasteiger charge is -2.20. The van der Waals surface area contributed by atoms with Gasteiger partial charge in [-0.2, -0.15) is 0 Å². The normalized spacial score (nSPS) is 13.7. The van der Waals surface area contributed by atoms with Crippen LogP contribution in [-0.2, 0) is 17.9 Å². The van der Waals surface area contributed by atoms with Gasteiger partial charge in [0.2, 0.25) is 5.91 Å². The van der Waals surface area contributed by atoms with E-state index in [4.69, 9.17) is 4.98 Å². The highest BCUT2D eigenvalue weighted by atomic mass is 16.2. The van der Waals surface area contributed by atoms with Crippen LogP contribution < -0.4 is 21.5 Å². The molecule has 1 saturated heterocycles. The Morgan fingerprint density at radius 3 is 2.33 bits per heavy atom. The second kappa shape index (κ2) is 8.50. The molecule has 1 aliphatic rings. The first-order valence-electron chi connectivity index (χ1n) is 11.1. The van der Waals surface area contributed by atoms with Gasteiger partial charge in [-0.3, -0.25) is 18.7 Å². The number of hydrogen-bond acceptors (Lipinski definition) is 6. The van der Waals surface area contributed by atoms with Crippen molar-refractivity contribution >= 4 is 39.5 Å². The number of para-hydroxylation sites is 3. The molecule has 0 bridgehead atoms. The molecule has 3 heterocycles. The molecule has 1 N–H and O–H groups in total. The zero-order valence-corrected chi connectivity index (χ0v) is 18.3. The lowest BCUT2D eigenvalue weighted by Crippen LogP contribution is -2.41. The Kier molecular flexibility index (Phi) is 5.37. The van der Waals surface area contributed by atoms with Crippen LogP contribution in [0.25, 0.3) is 21.9 Å². The van der Waals surface area contributed by atoms with Crippen LogP contribution in [0.15, 0.2) is 58.1 Å². The second-order valence-electron chi connectivity index (χ2n) is 8.06. The van der Waals surface area contributed by atoms with Crippen molar-refractivity contribution in [3.05, 3.63) is 69.4 Å². The third-order valence-electron chi connectivity index (χ3n) is 5.97. The van der Waals surface area contributed by atoms with Crippen LogP contribution in [-0.4, -0.2) is 38.1 Å². The van der Waals surface area contributed by atoms with E-state index in [0.29, 0.717) is 28.1 Å². The Hall–Kier alpha value is -4.01. The van der Waals surface area contributed by atoms with Gasteiger partial charge >= 0.3 is 5.69 Å². The summed E-state index contributed by atoms with van der Waals surface area (Å²) in [6.07, 6.45) is 2.11. The minimum atomic E-state index is -0.513. The van der Waals surface area contributed by atoms with E-state index < -0.39 is 11.6 Å². The van der Waals surface area contributed by atoms with E-state index in [1.165, 1.54) is 4.57 Å². The number of anilines is 2. The smallest absolute Gasteiger partial charge is 0.331 e. The van der Waals surface area contributed by atoms with Crippen LogP contribution in [0, 0.1) is 0 Å². The summed E-state index contributed by atoms with van der Waals surface area (Å²) in [4.78, 5) is 50.3. The number of carbonyl (C=O) groups excluding carboxylic acids is 1. The van der Waals surface area contributed by atoms with Crippen LogP contribution >= 0.6 is 0 Å². The van der Waals surface area contributed by atoms with Gasteiger partial charge in [0.1, 0.15) is 6.54 Å². The molecule has 2 aromatic heterocycles. The van der Waals surface area contributed by atoms with E-state index in [-0.39, 0.29) is 18.6 Å².